The first kappa shape index (κ1) is 20.1. The van der Waals surface area contributed by atoms with Crippen LogP contribution in [0.4, 0.5) is 13.2 Å². The van der Waals surface area contributed by atoms with Crippen molar-refractivity contribution in [2.75, 3.05) is 7.11 Å². The molecule has 9 heteroatoms. The van der Waals surface area contributed by atoms with Crippen LogP contribution in [0.25, 0.3) is 11.4 Å². The Hall–Kier alpha value is -2.68. The van der Waals surface area contributed by atoms with Crippen LogP contribution in [-0.2, 0) is 12.3 Å². The lowest BCUT2D eigenvalue weighted by atomic mass is 10.2. The summed E-state index contributed by atoms with van der Waals surface area (Å²) in [6.45, 7) is 2.66. The van der Waals surface area contributed by atoms with Gasteiger partial charge in [-0.25, -0.2) is 0 Å². The van der Waals surface area contributed by atoms with Crippen molar-refractivity contribution in [2.45, 2.75) is 30.7 Å². The molecule has 0 radical (unpaired) electrons. The molecule has 2 aromatic carbocycles. The molecule has 0 atom stereocenters. The zero-order valence-electron chi connectivity index (χ0n) is 15.2. The Kier molecular flexibility index (Phi) is 6.13. The van der Waals surface area contributed by atoms with Crippen LogP contribution in [0.3, 0.4) is 0 Å². The first-order valence-electron chi connectivity index (χ1n) is 8.45. The number of nitrogens with zero attached hydrogens (tertiary/aromatic N) is 3. The van der Waals surface area contributed by atoms with Crippen LogP contribution in [-0.4, -0.2) is 28.2 Å². The average Bonchev–Trinajstić information content (AvgIpc) is 3.09. The van der Waals surface area contributed by atoms with Gasteiger partial charge in [0.2, 0.25) is 0 Å². The minimum Gasteiger partial charge on any atom is -0.496 e. The van der Waals surface area contributed by atoms with E-state index in [4.69, 9.17) is 4.74 Å². The van der Waals surface area contributed by atoms with Crippen molar-refractivity contribution in [1.82, 2.24) is 14.8 Å². The number of hydrogen-bond donors (Lipinski definition) is 0. The first-order chi connectivity index (χ1) is 13.4. The summed E-state index contributed by atoms with van der Waals surface area (Å²) in [5.74, 6) is 1.71. The summed E-state index contributed by atoms with van der Waals surface area (Å²) in [6, 6.07) is 13.4. The Labute approximate surface area is 164 Å². The normalized spacial score (nSPS) is 11.5. The third kappa shape index (κ3) is 4.78. The summed E-state index contributed by atoms with van der Waals surface area (Å²) in [5.41, 5.74) is 1.70. The molecule has 0 saturated heterocycles. The molecule has 0 unspecified atom stereocenters. The van der Waals surface area contributed by atoms with Crippen LogP contribution in [0.2, 0.25) is 0 Å². The van der Waals surface area contributed by atoms with E-state index in [-0.39, 0.29) is 5.75 Å². The molecule has 148 valence electrons. The maximum atomic E-state index is 12.2. The highest BCUT2D eigenvalue weighted by Crippen LogP contribution is 2.32. The fourth-order valence-corrected chi connectivity index (χ4v) is 3.60. The van der Waals surface area contributed by atoms with Gasteiger partial charge in [-0.2, -0.15) is 0 Å². The zero-order valence-corrected chi connectivity index (χ0v) is 16.0. The lowest BCUT2D eigenvalue weighted by Crippen LogP contribution is -2.16. The van der Waals surface area contributed by atoms with Crippen molar-refractivity contribution in [3.8, 4) is 22.9 Å². The summed E-state index contributed by atoms with van der Waals surface area (Å²) in [6.07, 6.45) is -4.69. The summed E-state index contributed by atoms with van der Waals surface area (Å²) in [4.78, 5) is 0. The van der Waals surface area contributed by atoms with Crippen LogP contribution in [0.1, 0.15) is 12.5 Å². The van der Waals surface area contributed by atoms with Crippen LogP contribution in [0.15, 0.2) is 53.7 Å². The highest BCUT2D eigenvalue weighted by molar-refractivity contribution is 7.98. The second-order valence-electron chi connectivity index (χ2n) is 5.73. The number of thioether (sulfide) groups is 1. The predicted octanol–water partition coefficient (Wildman–Crippen LogP) is 5.16. The molecule has 1 aromatic heterocycles. The van der Waals surface area contributed by atoms with E-state index in [0.29, 0.717) is 23.9 Å². The molecule has 0 bridgehead atoms. The highest BCUT2D eigenvalue weighted by Gasteiger charge is 2.30. The molecule has 0 aliphatic carbocycles. The van der Waals surface area contributed by atoms with Crippen LogP contribution < -0.4 is 9.47 Å². The lowest BCUT2D eigenvalue weighted by Gasteiger charge is -2.11. The number of rotatable bonds is 7. The van der Waals surface area contributed by atoms with E-state index in [1.165, 1.54) is 23.9 Å². The molecule has 1 heterocycles. The molecular weight excluding hydrogens is 391 g/mol. The third-order valence-electron chi connectivity index (χ3n) is 3.91. The van der Waals surface area contributed by atoms with Gasteiger partial charge in [-0.15, -0.1) is 23.4 Å². The van der Waals surface area contributed by atoms with Gasteiger partial charge in [0.05, 0.1) is 12.7 Å². The largest absolute Gasteiger partial charge is 0.573 e. The Balaban J connectivity index is 1.74. The van der Waals surface area contributed by atoms with Gasteiger partial charge in [0.15, 0.2) is 11.0 Å². The van der Waals surface area contributed by atoms with Gasteiger partial charge >= 0.3 is 6.36 Å². The second-order valence-corrected chi connectivity index (χ2v) is 6.67. The van der Waals surface area contributed by atoms with Crippen LogP contribution in [0.5, 0.6) is 11.5 Å². The fourth-order valence-electron chi connectivity index (χ4n) is 2.64. The summed E-state index contributed by atoms with van der Waals surface area (Å²) >= 11 is 1.46. The second kappa shape index (κ2) is 8.55. The standard InChI is InChI=1S/C19H18F3N3O2S/c1-3-25-17(15-6-4-5-7-16(15)26-2)23-24-18(25)28-12-13-8-10-14(11-9-13)27-19(20,21)22/h4-11H,3,12H2,1-2H3. The van der Waals surface area contributed by atoms with Gasteiger partial charge in [-0.05, 0) is 36.8 Å². The monoisotopic (exact) mass is 409 g/mol. The van der Waals surface area contributed by atoms with E-state index >= 15 is 0 Å². The highest BCUT2D eigenvalue weighted by atomic mass is 32.2. The number of hydrogen-bond acceptors (Lipinski definition) is 5. The van der Waals surface area contributed by atoms with Crippen molar-refractivity contribution in [3.63, 3.8) is 0 Å². The number of alkyl halides is 3. The number of ether oxygens (including phenoxy) is 2. The minimum atomic E-state index is -4.69. The number of aromatic nitrogens is 3. The van der Waals surface area contributed by atoms with E-state index in [9.17, 15) is 13.2 Å². The predicted molar refractivity (Wildman–Crippen MR) is 100 cm³/mol. The zero-order chi connectivity index (χ0) is 20.1. The summed E-state index contributed by atoms with van der Waals surface area (Å²) in [5, 5.41) is 9.29. The quantitative estimate of drug-likeness (QED) is 0.504. The number of para-hydroxylation sites is 1. The van der Waals surface area contributed by atoms with Crippen molar-refractivity contribution in [3.05, 3.63) is 54.1 Å². The molecular formula is C19H18F3N3O2S. The maximum Gasteiger partial charge on any atom is 0.573 e. The van der Waals surface area contributed by atoms with Crippen molar-refractivity contribution in [2.24, 2.45) is 0 Å². The molecule has 0 saturated carbocycles. The molecule has 3 aromatic rings. The van der Waals surface area contributed by atoms with E-state index in [0.717, 1.165) is 16.3 Å². The Bertz CT molecular complexity index is 927. The molecule has 5 nitrogen and oxygen atoms in total. The molecule has 0 amide bonds. The smallest absolute Gasteiger partial charge is 0.496 e. The number of methoxy groups -OCH3 is 1. The van der Waals surface area contributed by atoms with Crippen molar-refractivity contribution < 1.29 is 22.6 Å². The lowest BCUT2D eigenvalue weighted by molar-refractivity contribution is -0.274. The minimum absolute atomic E-state index is 0.239. The molecule has 0 spiro atoms. The van der Waals surface area contributed by atoms with Gasteiger partial charge in [0, 0.05) is 12.3 Å². The van der Waals surface area contributed by atoms with Gasteiger partial charge < -0.3 is 14.0 Å². The van der Waals surface area contributed by atoms with Gasteiger partial charge in [0.25, 0.3) is 0 Å². The molecule has 0 aliphatic rings. The van der Waals surface area contributed by atoms with E-state index in [1.807, 2.05) is 35.8 Å². The van der Waals surface area contributed by atoms with Crippen molar-refractivity contribution in [1.29, 1.82) is 0 Å². The molecule has 28 heavy (non-hydrogen) atoms. The van der Waals surface area contributed by atoms with Crippen LogP contribution in [0, 0.1) is 0 Å². The average molecular weight is 409 g/mol. The molecule has 0 aliphatic heterocycles. The van der Waals surface area contributed by atoms with Gasteiger partial charge in [-0.3, -0.25) is 0 Å². The molecule has 3 rings (SSSR count). The SMILES string of the molecule is CCn1c(SCc2ccc(OC(F)(F)F)cc2)nnc1-c1ccccc1OC. The van der Waals surface area contributed by atoms with E-state index in [1.54, 1.807) is 19.2 Å². The molecule has 0 N–H and O–H groups in total. The summed E-state index contributed by atoms with van der Waals surface area (Å²) < 4.78 is 48.0. The van der Waals surface area contributed by atoms with Gasteiger partial charge in [-0.1, -0.05) is 36.0 Å². The third-order valence-corrected chi connectivity index (χ3v) is 4.94. The fraction of sp³-hybridized carbons (Fsp3) is 0.263. The maximum absolute atomic E-state index is 12.2. The number of benzene rings is 2. The first-order valence-corrected chi connectivity index (χ1v) is 9.44. The van der Waals surface area contributed by atoms with E-state index < -0.39 is 6.36 Å². The summed E-state index contributed by atoms with van der Waals surface area (Å²) in [7, 11) is 1.60. The number of halogens is 3. The Morgan fingerprint density at radius 2 is 1.75 bits per heavy atom. The van der Waals surface area contributed by atoms with Gasteiger partial charge in [0.1, 0.15) is 11.5 Å². The van der Waals surface area contributed by atoms with E-state index in [2.05, 4.69) is 14.9 Å². The Morgan fingerprint density at radius 1 is 1.04 bits per heavy atom. The molecule has 0 fully saturated rings. The Morgan fingerprint density at radius 3 is 2.39 bits per heavy atom. The van der Waals surface area contributed by atoms with Crippen molar-refractivity contribution >= 4 is 11.8 Å². The van der Waals surface area contributed by atoms with Crippen LogP contribution >= 0.6 is 11.8 Å². The topological polar surface area (TPSA) is 49.2 Å².